The van der Waals surface area contributed by atoms with Gasteiger partial charge in [-0.25, -0.2) is 0 Å². The Balaban J connectivity index is -0.0000000597. The number of rotatable bonds is 32. The van der Waals surface area contributed by atoms with Crippen LogP contribution in [0.1, 0.15) is 248 Å². The number of hydrogen-bond donors (Lipinski definition) is 15. The molecule has 76 heavy (non-hydrogen) atoms. The molecule has 1 atom stereocenters. The van der Waals surface area contributed by atoms with E-state index in [1.54, 1.807) is 0 Å². The van der Waals surface area contributed by atoms with Gasteiger partial charge in [0.05, 0.1) is 57.9 Å². The second-order valence-electron chi connectivity index (χ2n) is 20.2. The molecule has 0 amide bonds. The van der Waals surface area contributed by atoms with Crippen LogP contribution in [0.3, 0.4) is 0 Å². The smallest absolute Gasteiger partial charge is 0.0701 e. The maximum atomic E-state index is 8.87. The number of hydrogen-bond acceptors (Lipinski definition) is 17. The Hall–Kier alpha value is -0.680. The van der Waals surface area contributed by atoms with Crippen molar-refractivity contribution in [1.82, 2.24) is 5.32 Å². The largest absolute Gasteiger partial charge is 0.395 e. The van der Waals surface area contributed by atoms with Crippen LogP contribution in [0.15, 0.2) is 0 Å². The van der Waals surface area contributed by atoms with Crippen molar-refractivity contribution in [2.45, 2.75) is 276 Å². The summed E-state index contributed by atoms with van der Waals surface area (Å²) in [4.78, 5) is 0. The first-order valence-corrected chi connectivity index (χ1v) is 29.8. The lowest BCUT2D eigenvalue weighted by Crippen LogP contribution is -2.46. The van der Waals surface area contributed by atoms with Gasteiger partial charge < -0.3 is 91.9 Å². The number of ether oxygens (including phenoxy) is 2. The van der Waals surface area contributed by atoms with Crippen molar-refractivity contribution in [2.75, 3.05) is 98.7 Å². The van der Waals surface area contributed by atoms with Gasteiger partial charge in [-0.15, -0.1) is 0 Å². The number of nitrogens with two attached hydrogens (primary N) is 9. The van der Waals surface area contributed by atoms with Crippen LogP contribution in [0.25, 0.3) is 0 Å². The van der Waals surface area contributed by atoms with Crippen molar-refractivity contribution >= 4 is 0 Å². The number of aliphatic hydroxyl groups is 5. The first-order chi connectivity index (χ1) is 35.2. The Kier molecular flexibility index (Phi) is 128. The second-order valence-corrected chi connectivity index (χ2v) is 20.2. The second kappa shape index (κ2) is 93.6. The molecule has 0 aliphatic heterocycles. The highest BCUT2D eigenvalue weighted by Crippen LogP contribution is 2.09. The molecule has 0 spiro atoms. The Bertz CT molecular complexity index is 769. The van der Waals surface area contributed by atoms with Gasteiger partial charge in [-0.05, 0) is 142 Å². The fourth-order valence-corrected chi connectivity index (χ4v) is 3.56. The van der Waals surface area contributed by atoms with Crippen LogP contribution in [-0.4, -0.2) is 153 Å². The Morgan fingerprint density at radius 1 is 0.461 bits per heavy atom. The summed E-state index contributed by atoms with van der Waals surface area (Å²) in [6.07, 6.45) is 19.7. The van der Waals surface area contributed by atoms with Gasteiger partial charge >= 0.3 is 0 Å². The molecule has 0 saturated carbocycles. The quantitative estimate of drug-likeness (QED) is 0.0282. The molecule has 0 aliphatic rings. The van der Waals surface area contributed by atoms with Crippen LogP contribution in [0.4, 0.5) is 0 Å². The molecular weight excluding hydrogens is 961 g/mol. The van der Waals surface area contributed by atoms with Crippen LogP contribution < -0.4 is 56.9 Å². The van der Waals surface area contributed by atoms with Crippen LogP contribution in [0.2, 0.25) is 0 Å². The molecule has 0 heterocycles. The van der Waals surface area contributed by atoms with Gasteiger partial charge in [0.25, 0.3) is 0 Å². The highest BCUT2D eigenvalue weighted by molar-refractivity contribution is 4.80. The van der Waals surface area contributed by atoms with Crippen LogP contribution in [0.5, 0.6) is 0 Å². The Morgan fingerprint density at radius 2 is 0.868 bits per heavy atom. The van der Waals surface area contributed by atoms with Crippen LogP contribution >= 0.6 is 0 Å². The summed E-state index contributed by atoms with van der Waals surface area (Å²) in [6.45, 7) is 45.7. The van der Waals surface area contributed by atoms with Gasteiger partial charge in [-0.2, -0.15) is 0 Å². The standard InChI is InChI=1S/C8H18O.C7H17NO2.C6H15NO.C6H15N.C5H13NO2.C5H13NO.2C5H13N.2C4H11N.C3H9N.CH4/c1-7(2)5-4-6-8(3)9;1-2-4-9-6-7-10-5-3-8;1-3-6(7,4-2)5-8;1-2-3-4-5-6-7;1-2-5(6,3-7)4-8;1-2-3-6-4-5-7;1-4-5(2,3)6;1-3-5(6)4-2;1-4(2)3-5;1-2-3-4-5;1-2-3-4;/h7-9H,4-6H2,1-3H3;2-8H2,1H3;8H,3-5,7H2,1-2H3;2-7H2,1H3;7-8H,2-4,6H2,1H3;6-7H,2-5H2,1H3;4,6H2,1-3H3;5H,3-4,6H2,1-2H3;4H,3,5H2,1-2H3;2-5H2,1H3;2-4H2,1H3;1H4. The average Bonchev–Trinajstić information content (AvgIpc) is 3.40. The molecule has 480 valence electrons. The monoisotopic (exact) mass is 1110 g/mol. The summed E-state index contributed by atoms with van der Waals surface area (Å²) in [7, 11) is 0. The lowest BCUT2D eigenvalue weighted by molar-refractivity contribution is 0.0510. The lowest BCUT2D eigenvalue weighted by atomic mass is 9.96. The maximum absolute atomic E-state index is 8.87. The summed E-state index contributed by atoms with van der Waals surface area (Å²) >= 11 is 0. The van der Waals surface area contributed by atoms with Crippen LogP contribution in [-0.2, 0) is 9.47 Å². The van der Waals surface area contributed by atoms with Gasteiger partial charge in [0.2, 0.25) is 0 Å². The first-order valence-electron chi connectivity index (χ1n) is 29.8. The van der Waals surface area contributed by atoms with Crippen molar-refractivity contribution in [3.63, 3.8) is 0 Å². The maximum Gasteiger partial charge on any atom is 0.0701 e. The van der Waals surface area contributed by atoms with Crippen molar-refractivity contribution in [1.29, 1.82) is 0 Å². The predicted molar refractivity (Wildman–Crippen MR) is 342 cm³/mol. The third-order valence-corrected chi connectivity index (χ3v) is 10.5. The first kappa shape index (κ1) is 104. The zero-order chi connectivity index (χ0) is 61.3. The fourth-order valence-electron chi connectivity index (χ4n) is 3.56. The molecular formula is C59H152N10O7. The van der Waals surface area contributed by atoms with E-state index < -0.39 is 5.54 Å². The van der Waals surface area contributed by atoms with Crippen molar-refractivity contribution in [3.05, 3.63) is 0 Å². The molecule has 0 fully saturated rings. The molecule has 0 aromatic rings. The number of aliphatic hydroxyl groups excluding tert-OH is 5. The van der Waals surface area contributed by atoms with Gasteiger partial charge in [0.15, 0.2) is 0 Å². The molecule has 0 bridgehead atoms. The van der Waals surface area contributed by atoms with E-state index in [9.17, 15) is 0 Å². The third-order valence-electron chi connectivity index (χ3n) is 10.5. The van der Waals surface area contributed by atoms with E-state index >= 15 is 0 Å². The number of nitrogens with one attached hydrogen (secondary N) is 1. The van der Waals surface area contributed by atoms with Crippen LogP contribution in [0, 0.1) is 11.8 Å². The predicted octanol–water partition coefficient (Wildman–Crippen LogP) is 8.27. The molecule has 0 aromatic heterocycles. The summed E-state index contributed by atoms with van der Waals surface area (Å²) in [5.41, 5.74) is 46.8. The molecule has 0 rings (SSSR count). The zero-order valence-electron chi connectivity index (χ0n) is 53.9. The molecule has 1 unspecified atom stereocenters. The SMILES string of the molecule is C.CC(C)CCCC(C)O.CC(C)CN.CCC(C)(C)N.CCC(N)(CC)CO.CCC(N)(CO)CO.CCC(N)CC.CCCCCCN.CCCCN.CCCN.CCCNCCO.CCCOCCOCCN. The van der Waals surface area contributed by atoms with E-state index in [1.165, 1.54) is 44.9 Å². The molecule has 17 heteroatoms. The highest BCUT2D eigenvalue weighted by atomic mass is 16.5. The minimum Gasteiger partial charge on any atom is -0.395 e. The molecule has 17 nitrogen and oxygen atoms in total. The number of unbranched alkanes of at least 4 members (excludes halogenated alkanes) is 4. The van der Waals surface area contributed by atoms with E-state index in [1.807, 2.05) is 41.5 Å². The van der Waals surface area contributed by atoms with Gasteiger partial charge in [-0.1, -0.05) is 150 Å². The van der Waals surface area contributed by atoms with Crippen molar-refractivity contribution < 1.29 is 35.0 Å². The Morgan fingerprint density at radius 3 is 1.05 bits per heavy atom. The van der Waals surface area contributed by atoms with Gasteiger partial charge in [-0.3, -0.25) is 0 Å². The van der Waals surface area contributed by atoms with E-state index in [4.69, 9.17) is 86.6 Å². The van der Waals surface area contributed by atoms with Crippen molar-refractivity contribution in [2.24, 2.45) is 63.4 Å². The summed E-state index contributed by atoms with van der Waals surface area (Å²) in [5, 5.41) is 45.8. The summed E-state index contributed by atoms with van der Waals surface area (Å²) in [5.74, 6) is 1.44. The van der Waals surface area contributed by atoms with E-state index in [2.05, 4.69) is 88.4 Å². The molecule has 0 radical (unpaired) electrons. The normalized spacial score (nSPS) is 10.6. The van der Waals surface area contributed by atoms with E-state index in [0.717, 1.165) is 116 Å². The molecule has 0 aromatic carbocycles. The van der Waals surface area contributed by atoms with Crippen molar-refractivity contribution in [3.8, 4) is 0 Å². The van der Waals surface area contributed by atoms with Gasteiger partial charge in [0.1, 0.15) is 0 Å². The van der Waals surface area contributed by atoms with E-state index in [-0.39, 0.29) is 51.0 Å². The van der Waals surface area contributed by atoms with E-state index in [0.29, 0.717) is 44.7 Å². The topological polar surface area (TPSA) is 366 Å². The minimum absolute atomic E-state index is 0. The summed E-state index contributed by atoms with van der Waals surface area (Å²) in [6, 6.07) is 0.435. The minimum atomic E-state index is -0.764. The molecule has 24 N–H and O–H groups in total. The molecule has 0 aliphatic carbocycles. The Labute approximate surface area is 477 Å². The average molecular weight is 1110 g/mol. The third kappa shape index (κ3) is 151. The highest BCUT2D eigenvalue weighted by Gasteiger charge is 2.19. The van der Waals surface area contributed by atoms with Gasteiger partial charge in [0, 0.05) is 36.8 Å². The fraction of sp³-hybridized carbons (Fsp3) is 1.00. The lowest BCUT2D eigenvalue weighted by Gasteiger charge is -2.22. The summed E-state index contributed by atoms with van der Waals surface area (Å²) < 4.78 is 10.2. The zero-order valence-corrected chi connectivity index (χ0v) is 53.9. The molecule has 0 saturated heterocycles.